The minimum absolute atomic E-state index is 0.140. The summed E-state index contributed by atoms with van der Waals surface area (Å²) >= 11 is 4.49. The summed E-state index contributed by atoms with van der Waals surface area (Å²) in [7, 11) is 0. The normalized spacial score (nSPS) is 19.5. The second-order valence-electron chi connectivity index (χ2n) is 3.44. The van der Waals surface area contributed by atoms with E-state index < -0.39 is 12.5 Å². The first-order chi connectivity index (χ1) is 6.98. The van der Waals surface area contributed by atoms with Gasteiger partial charge >= 0.3 is 0 Å². The summed E-state index contributed by atoms with van der Waals surface area (Å²) in [5, 5.41) is 0. The third-order valence-corrected chi connectivity index (χ3v) is 3.85. The second kappa shape index (κ2) is 3.83. The van der Waals surface area contributed by atoms with Crippen LogP contribution in [-0.4, -0.2) is 29.8 Å². The van der Waals surface area contributed by atoms with Gasteiger partial charge < -0.3 is 4.90 Å². The van der Waals surface area contributed by atoms with Crippen molar-refractivity contribution < 1.29 is 13.6 Å². The van der Waals surface area contributed by atoms with Crippen LogP contribution in [0.1, 0.15) is 16.1 Å². The topological polar surface area (TPSA) is 20.3 Å². The molecule has 0 N–H and O–H groups in total. The number of carbonyl (C=O) groups is 1. The zero-order valence-corrected chi connectivity index (χ0v) is 10.1. The van der Waals surface area contributed by atoms with E-state index in [1.807, 2.05) is 0 Å². The molecule has 0 aliphatic carbocycles. The number of alkyl halides is 2. The van der Waals surface area contributed by atoms with E-state index in [9.17, 15) is 13.6 Å². The maximum atomic E-state index is 12.9. The van der Waals surface area contributed by atoms with Crippen molar-refractivity contribution in [3.05, 3.63) is 20.8 Å². The maximum Gasteiger partial charge on any atom is 0.267 e. The highest BCUT2D eigenvalue weighted by Crippen LogP contribution is 2.30. The van der Waals surface area contributed by atoms with Crippen LogP contribution in [0.3, 0.4) is 0 Å². The van der Waals surface area contributed by atoms with Gasteiger partial charge in [-0.3, -0.25) is 4.79 Å². The third kappa shape index (κ3) is 2.36. The standard InChI is InChI=1S/C9H8BrF2NOS/c10-7-2-1-6(15-7)8(14)13-4-3-9(11,12)5-13/h1-2H,3-5H2. The lowest BCUT2D eigenvalue weighted by Crippen LogP contribution is -2.30. The lowest BCUT2D eigenvalue weighted by molar-refractivity contribution is 0.0121. The molecule has 0 unspecified atom stereocenters. The average Bonchev–Trinajstić information content (AvgIpc) is 2.71. The molecule has 1 amide bonds. The van der Waals surface area contributed by atoms with Crippen molar-refractivity contribution in [3.63, 3.8) is 0 Å². The molecule has 1 aromatic rings. The van der Waals surface area contributed by atoms with Crippen LogP contribution in [0, 0.1) is 0 Å². The summed E-state index contributed by atoms with van der Waals surface area (Å²) in [4.78, 5) is 13.4. The predicted octanol–water partition coefficient (Wildman–Crippen LogP) is 2.99. The van der Waals surface area contributed by atoms with Gasteiger partial charge in [0.05, 0.1) is 15.2 Å². The Morgan fingerprint density at radius 2 is 2.27 bits per heavy atom. The number of hydrogen-bond acceptors (Lipinski definition) is 2. The van der Waals surface area contributed by atoms with Crippen molar-refractivity contribution in [1.29, 1.82) is 0 Å². The van der Waals surface area contributed by atoms with E-state index in [-0.39, 0.29) is 18.9 Å². The summed E-state index contributed by atoms with van der Waals surface area (Å²) < 4.78 is 26.6. The zero-order valence-electron chi connectivity index (χ0n) is 7.67. The molecule has 0 saturated carbocycles. The molecule has 0 atom stereocenters. The maximum absolute atomic E-state index is 12.9. The molecule has 1 aliphatic rings. The van der Waals surface area contributed by atoms with E-state index in [0.29, 0.717) is 4.88 Å². The molecule has 15 heavy (non-hydrogen) atoms. The summed E-state index contributed by atoms with van der Waals surface area (Å²) in [6, 6.07) is 3.39. The number of nitrogens with zero attached hydrogens (tertiary/aromatic N) is 1. The molecule has 0 spiro atoms. The first-order valence-corrected chi connectivity index (χ1v) is 6.01. The van der Waals surface area contributed by atoms with E-state index in [1.54, 1.807) is 12.1 Å². The van der Waals surface area contributed by atoms with Gasteiger partial charge in [-0.25, -0.2) is 8.78 Å². The lowest BCUT2D eigenvalue weighted by atomic mass is 10.3. The Kier molecular flexibility index (Phi) is 2.81. The van der Waals surface area contributed by atoms with Gasteiger partial charge in [0.2, 0.25) is 0 Å². The molecular weight excluding hydrogens is 288 g/mol. The fourth-order valence-corrected chi connectivity index (χ4v) is 2.85. The van der Waals surface area contributed by atoms with E-state index in [2.05, 4.69) is 15.9 Å². The van der Waals surface area contributed by atoms with Crippen LogP contribution in [0.5, 0.6) is 0 Å². The molecule has 1 fully saturated rings. The van der Waals surface area contributed by atoms with E-state index in [1.165, 1.54) is 16.2 Å². The smallest absolute Gasteiger partial charge is 0.267 e. The number of rotatable bonds is 1. The summed E-state index contributed by atoms with van der Waals surface area (Å²) in [6.07, 6.45) is -0.231. The summed E-state index contributed by atoms with van der Waals surface area (Å²) in [5.41, 5.74) is 0. The van der Waals surface area contributed by atoms with Crippen LogP contribution in [0.25, 0.3) is 0 Å². The minimum atomic E-state index is -2.72. The molecule has 1 saturated heterocycles. The van der Waals surface area contributed by atoms with Crippen LogP contribution >= 0.6 is 27.3 Å². The van der Waals surface area contributed by atoms with E-state index >= 15 is 0 Å². The minimum Gasteiger partial charge on any atom is -0.332 e. The SMILES string of the molecule is O=C(c1ccc(Br)s1)N1CCC(F)(F)C1. The fourth-order valence-electron chi connectivity index (χ4n) is 1.49. The van der Waals surface area contributed by atoms with Gasteiger partial charge in [-0.1, -0.05) is 0 Å². The Morgan fingerprint density at radius 3 is 2.73 bits per heavy atom. The van der Waals surface area contributed by atoms with Crippen LogP contribution < -0.4 is 0 Å². The van der Waals surface area contributed by atoms with Gasteiger partial charge in [0.15, 0.2) is 0 Å². The van der Waals surface area contributed by atoms with Gasteiger partial charge in [0, 0.05) is 13.0 Å². The van der Waals surface area contributed by atoms with Crippen molar-refractivity contribution >= 4 is 33.2 Å². The van der Waals surface area contributed by atoms with Gasteiger partial charge in [-0.15, -0.1) is 11.3 Å². The average molecular weight is 296 g/mol. The van der Waals surface area contributed by atoms with Gasteiger partial charge in [0.1, 0.15) is 0 Å². The molecule has 2 nitrogen and oxygen atoms in total. The van der Waals surface area contributed by atoms with Crippen LogP contribution in [0.15, 0.2) is 15.9 Å². The fraction of sp³-hybridized carbons (Fsp3) is 0.444. The largest absolute Gasteiger partial charge is 0.332 e. The number of hydrogen-bond donors (Lipinski definition) is 0. The molecule has 82 valence electrons. The number of likely N-dealkylation sites (tertiary alicyclic amines) is 1. The lowest BCUT2D eigenvalue weighted by Gasteiger charge is -2.14. The quantitative estimate of drug-likeness (QED) is 0.780. The van der Waals surface area contributed by atoms with Crippen molar-refractivity contribution in [2.24, 2.45) is 0 Å². The first-order valence-electron chi connectivity index (χ1n) is 4.40. The van der Waals surface area contributed by atoms with Crippen molar-refractivity contribution in [3.8, 4) is 0 Å². The molecule has 0 radical (unpaired) electrons. The van der Waals surface area contributed by atoms with Crippen LogP contribution in [0.4, 0.5) is 8.78 Å². The third-order valence-electron chi connectivity index (χ3n) is 2.24. The summed E-state index contributed by atoms with van der Waals surface area (Å²) in [5.74, 6) is -3.02. The Morgan fingerprint density at radius 1 is 1.53 bits per heavy atom. The van der Waals surface area contributed by atoms with Crippen LogP contribution in [0.2, 0.25) is 0 Å². The first kappa shape index (κ1) is 11.0. The molecule has 0 bridgehead atoms. The van der Waals surface area contributed by atoms with Crippen molar-refractivity contribution in [2.75, 3.05) is 13.1 Å². The van der Waals surface area contributed by atoms with E-state index in [0.717, 1.165) is 3.79 Å². The van der Waals surface area contributed by atoms with Crippen molar-refractivity contribution in [2.45, 2.75) is 12.3 Å². The molecule has 2 rings (SSSR count). The monoisotopic (exact) mass is 295 g/mol. The van der Waals surface area contributed by atoms with E-state index in [4.69, 9.17) is 0 Å². The van der Waals surface area contributed by atoms with Gasteiger partial charge in [-0.2, -0.15) is 0 Å². The highest BCUT2D eigenvalue weighted by atomic mass is 79.9. The number of carbonyl (C=O) groups excluding carboxylic acids is 1. The highest BCUT2D eigenvalue weighted by Gasteiger charge is 2.40. The van der Waals surface area contributed by atoms with Crippen molar-refractivity contribution in [1.82, 2.24) is 4.90 Å². The molecule has 2 heterocycles. The molecule has 1 aliphatic heterocycles. The number of thiophene rings is 1. The van der Waals surface area contributed by atoms with Crippen LogP contribution in [-0.2, 0) is 0 Å². The molecule has 1 aromatic heterocycles. The Hall–Kier alpha value is -0.490. The van der Waals surface area contributed by atoms with Gasteiger partial charge in [-0.05, 0) is 28.1 Å². The van der Waals surface area contributed by atoms with Gasteiger partial charge in [0.25, 0.3) is 11.8 Å². The Labute approximate surface area is 98.0 Å². The predicted molar refractivity (Wildman–Crippen MR) is 57.5 cm³/mol. The molecular formula is C9H8BrF2NOS. The number of halogens is 3. The highest BCUT2D eigenvalue weighted by molar-refractivity contribution is 9.11. The second-order valence-corrected chi connectivity index (χ2v) is 5.90. The molecule has 6 heteroatoms. The molecule has 0 aromatic carbocycles. The zero-order chi connectivity index (χ0) is 11.1. The summed E-state index contributed by atoms with van der Waals surface area (Å²) in [6.45, 7) is -0.317. The Bertz CT molecular complexity index is 393. The number of amides is 1. The Balaban J connectivity index is 2.10.